The van der Waals surface area contributed by atoms with Crippen LogP contribution in [0.1, 0.15) is 0 Å². The first-order chi connectivity index (χ1) is 12.2. The summed E-state index contributed by atoms with van der Waals surface area (Å²) in [5, 5.41) is 5.39. The van der Waals surface area contributed by atoms with Gasteiger partial charge in [0.2, 0.25) is 0 Å². The van der Waals surface area contributed by atoms with Crippen molar-refractivity contribution in [2.75, 3.05) is 0 Å². The Morgan fingerprint density at radius 2 is 1.48 bits per heavy atom. The minimum absolute atomic E-state index is 0.726. The fourth-order valence-electron chi connectivity index (χ4n) is 3.35. The van der Waals surface area contributed by atoms with Gasteiger partial charge in [-0.25, -0.2) is 0 Å². The van der Waals surface area contributed by atoms with Crippen LogP contribution in [0.25, 0.3) is 43.8 Å². The third-order valence-electron chi connectivity index (χ3n) is 4.58. The molecular weight excluding hydrogens is 396 g/mol. The zero-order chi connectivity index (χ0) is 17.0. The van der Waals surface area contributed by atoms with Gasteiger partial charge in [0.1, 0.15) is 11.2 Å². The van der Waals surface area contributed by atoms with E-state index in [0.29, 0.717) is 0 Å². The van der Waals surface area contributed by atoms with Gasteiger partial charge >= 0.3 is 0 Å². The average Bonchev–Trinajstić information content (AvgIpc) is 2.98. The van der Waals surface area contributed by atoms with Crippen LogP contribution in [0.15, 0.2) is 81.7 Å². The molecule has 0 N–H and O–H groups in total. The maximum atomic E-state index is 6.38. The van der Waals surface area contributed by atoms with Crippen molar-refractivity contribution < 1.29 is 4.42 Å². The number of hydrogen-bond donors (Lipinski definition) is 0. The summed E-state index contributed by atoms with van der Waals surface area (Å²) in [4.78, 5) is 0. The summed E-state index contributed by atoms with van der Waals surface area (Å²) in [5.41, 5.74) is 3.82. The highest BCUT2D eigenvalue weighted by molar-refractivity contribution is 9.10. The molecule has 0 saturated carbocycles. The van der Waals surface area contributed by atoms with Crippen molar-refractivity contribution in [1.82, 2.24) is 0 Å². The number of fused-ring (bicyclic) bond motifs is 4. The lowest BCUT2D eigenvalue weighted by Crippen LogP contribution is -1.80. The van der Waals surface area contributed by atoms with Crippen LogP contribution in [-0.2, 0) is 0 Å². The van der Waals surface area contributed by atoms with Crippen molar-refractivity contribution >= 4 is 60.2 Å². The first-order valence-corrected chi connectivity index (χ1v) is 9.17. The van der Waals surface area contributed by atoms with E-state index < -0.39 is 0 Å². The Hall–Kier alpha value is -2.29. The smallest absolute Gasteiger partial charge is 0.136 e. The molecule has 0 aliphatic rings. The maximum Gasteiger partial charge on any atom is 0.136 e. The molecule has 0 saturated heterocycles. The van der Waals surface area contributed by atoms with Crippen molar-refractivity contribution in [2.45, 2.75) is 0 Å². The van der Waals surface area contributed by atoms with Crippen LogP contribution in [-0.4, -0.2) is 0 Å². The van der Waals surface area contributed by atoms with Crippen LogP contribution in [0.4, 0.5) is 0 Å². The number of halogens is 2. The average molecular weight is 408 g/mol. The van der Waals surface area contributed by atoms with E-state index in [1.165, 1.54) is 10.8 Å². The fraction of sp³-hybridized carbons (Fsp3) is 0. The van der Waals surface area contributed by atoms with E-state index in [1.807, 2.05) is 24.3 Å². The van der Waals surface area contributed by atoms with Gasteiger partial charge in [0.05, 0.1) is 0 Å². The van der Waals surface area contributed by atoms with Crippen molar-refractivity contribution in [3.63, 3.8) is 0 Å². The summed E-state index contributed by atoms with van der Waals surface area (Å²) in [7, 11) is 0. The molecule has 120 valence electrons. The van der Waals surface area contributed by atoms with Crippen molar-refractivity contribution in [3.8, 4) is 11.1 Å². The van der Waals surface area contributed by atoms with Gasteiger partial charge < -0.3 is 4.42 Å². The Balaban J connectivity index is 1.78. The molecule has 1 aromatic heterocycles. The van der Waals surface area contributed by atoms with Crippen LogP contribution < -0.4 is 0 Å². The van der Waals surface area contributed by atoms with Crippen LogP contribution in [0, 0.1) is 0 Å². The summed E-state index contributed by atoms with van der Waals surface area (Å²) < 4.78 is 7.14. The molecule has 0 aliphatic heterocycles. The monoisotopic (exact) mass is 406 g/mol. The second kappa shape index (κ2) is 5.62. The summed E-state index contributed by atoms with van der Waals surface area (Å²) in [6, 6.07) is 24.8. The number of hydrogen-bond acceptors (Lipinski definition) is 1. The molecule has 0 bridgehead atoms. The molecule has 1 heterocycles. The largest absolute Gasteiger partial charge is 0.456 e. The minimum Gasteiger partial charge on any atom is -0.456 e. The summed E-state index contributed by atoms with van der Waals surface area (Å²) in [6.07, 6.45) is 0. The minimum atomic E-state index is 0.726. The van der Waals surface area contributed by atoms with Gasteiger partial charge in [0.25, 0.3) is 0 Å². The van der Waals surface area contributed by atoms with E-state index in [4.69, 9.17) is 16.0 Å². The highest BCUT2D eigenvalue weighted by Gasteiger charge is 2.11. The second-order valence-corrected chi connectivity index (χ2v) is 7.46. The highest BCUT2D eigenvalue weighted by Crippen LogP contribution is 2.37. The van der Waals surface area contributed by atoms with E-state index in [-0.39, 0.29) is 0 Å². The molecule has 0 radical (unpaired) electrons. The molecule has 0 fully saturated rings. The molecule has 5 aromatic rings. The van der Waals surface area contributed by atoms with E-state index in [0.717, 1.165) is 42.6 Å². The molecule has 1 nitrogen and oxygen atoms in total. The third-order valence-corrected chi connectivity index (χ3v) is 5.40. The lowest BCUT2D eigenvalue weighted by Gasteiger charge is -2.05. The SMILES string of the molecule is Clc1ccc(Br)cc1-c1ccc2c(c1)oc1cc3ccccc3cc12. The molecule has 5 rings (SSSR count). The quantitative estimate of drug-likeness (QED) is 0.276. The third kappa shape index (κ3) is 2.45. The molecule has 3 heteroatoms. The van der Waals surface area contributed by atoms with Gasteiger partial charge in [-0.2, -0.15) is 0 Å². The van der Waals surface area contributed by atoms with Gasteiger partial charge in [0.15, 0.2) is 0 Å². The Bertz CT molecular complexity index is 1270. The Morgan fingerprint density at radius 3 is 2.32 bits per heavy atom. The molecule has 0 aliphatic carbocycles. The van der Waals surface area contributed by atoms with Crippen LogP contribution >= 0.6 is 27.5 Å². The normalized spacial score (nSPS) is 11.6. The number of rotatable bonds is 1. The van der Waals surface area contributed by atoms with Crippen molar-refractivity contribution in [1.29, 1.82) is 0 Å². The van der Waals surface area contributed by atoms with E-state index in [2.05, 4.69) is 64.5 Å². The standard InChI is InChI=1S/C22H12BrClO/c23-16-6-8-20(24)18(12-16)15-5-7-17-19-9-13-3-1-2-4-14(13)10-22(19)25-21(17)11-15/h1-12H. The first-order valence-electron chi connectivity index (χ1n) is 7.99. The zero-order valence-corrected chi connectivity index (χ0v) is 15.4. The summed E-state index contributed by atoms with van der Waals surface area (Å²) in [6.45, 7) is 0. The van der Waals surface area contributed by atoms with E-state index in [9.17, 15) is 0 Å². The number of benzene rings is 4. The Kier molecular flexibility index (Phi) is 3.37. The van der Waals surface area contributed by atoms with Gasteiger partial charge in [-0.1, -0.05) is 57.9 Å². The maximum absolute atomic E-state index is 6.38. The van der Waals surface area contributed by atoms with E-state index in [1.54, 1.807) is 0 Å². The van der Waals surface area contributed by atoms with Crippen LogP contribution in [0.2, 0.25) is 5.02 Å². The van der Waals surface area contributed by atoms with E-state index >= 15 is 0 Å². The fourth-order valence-corrected chi connectivity index (χ4v) is 3.94. The molecule has 4 aromatic carbocycles. The molecule has 0 spiro atoms. The lowest BCUT2D eigenvalue weighted by molar-refractivity contribution is 0.669. The van der Waals surface area contributed by atoms with Crippen molar-refractivity contribution in [3.05, 3.63) is 82.3 Å². The predicted molar refractivity (Wildman–Crippen MR) is 109 cm³/mol. The van der Waals surface area contributed by atoms with Gasteiger partial charge in [-0.3, -0.25) is 0 Å². The van der Waals surface area contributed by atoms with Crippen molar-refractivity contribution in [2.24, 2.45) is 0 Å². The topological polar surface area (TPSA) is 13.1 Å². The molecule has 0 atom stereocenters. The molecule has 0 unspecified atom stereocenters. The van der Waals surface area contributed by atoms with Gasteiger partial charge in [-0.05, 0) is 58.8 Å². The Labute approximate surface area is 157 Å². The zero-order valence-electron chi connectivity index (χ0n) is 13.1. The van der Waals surface area contributed by atoms with Crippen LogP contribution in [0.3, 0.4) is 0 Å². The Morgan fingerprint density at radius 1 is 0.720 bits per heavy atom. The number of furan rings is 1. The van der Waals surface area contributed by atoms with Crippen LogP contribution in [0.5, 0.6) is 0 Å². The summed E-state index contributed by atoms with van der Waals surface area (Å²) >= 11 is 9.89. The predicted octanol–water partition coefficient (Wildman–Crippen LogP) is 7.82. The molecular formula is C22H12BrClO. The second-order valence-electron chi connectivity index (χ2n) is 6.13. The summed E-state index contributed by atoms with van der Waals surface area (Å²) in [5.74, 6) is 0. The molecule has 0 amide bonds. The van der Waals surface area contributed by atoms with Gasteiger partial charge in [0, 0.05) is 25.8 Å². The molecule has 25 heavy (non-hydrogen) atoms. The first kappa shape index (κ1) is 15.0. The van der Waals surface area contributed by atoms with Gasteiger partial charge in [-0.15, -0.1) is 0 Å². The highest BCUT2D eigenvalue weighted by atomic mass is 79.9. The lowest BCUT2D eigenvalue weighted by atomic mass is 10.0.